The van der Waals surface area contributed by atoms with Crippen LogP contribution in [-0.2, 0) is 0 Å². The lowest BCUT2D eigenvalue weighted by Gasteiger charge is -1.95. The van der Waals surface area contributed by atoms with Crippen molar-refractivity contribution in [3.05, 3.63) is 16.9 Å². The topological polar surface area (TPSA) is 97.8 Å². The van der Waals surface area contributed by atoms with Crippen LogP contribution in [0.25, 0.3) is 0 Å². The molecule has 0 saturated heterocycles. The van der Waals surface area contributed by atoms with Crippen molar-refractivity contribution in [3.8, 4) is 0 Å². The van der Waals surface area contributed by atoms with E-state index in [4.69, 9.17) is 21.1 Å². The third-order valence-corrected chi connectivity index (χ3v) is 1.78. The van der Waals surface area contributed by atoms with Crippen molar-refractivity contribution in [3.63, 3.8) is 0 Å². The van der Waals surface area contributed by atoms with Gasteiger partial charge in [-0.15, -0.1) is 0 Å². The molecule has 0 atom stereocenters. The van der Waals surface area contributed by atoms with E-state index in [1.54, 1.807) is 13.8 Å². The first kappa shape index (κ1) is 8.45. The minimum atomic E-state index is -0.0261. The molecule has 0 spiro atoms. The van der Waals surface area contributed by atoms with Crippen molar-refractivity contribution in [2.75, 3.05) is 5.73 Å². The maximum absolute atomic E-state index is 8.41. The van der Waals surface area contributed by atoms with Crippen molar-refractivity contribution in [2.45, 2.75) is 13.8 Å². The van der Waals surface area contributed by atoms with Crippen LogP contribution in [0, 0.1) is 13.8 Å². The molecule has 1 aromatic heterocycles. The van der Waals surface area contributed by atoms with Gasteiger partial charge in [0.15, 0.2) is 5.84 Å². The highest BCUT2D eigenvalue weighted by atomic mass is 16.4. The van der Waals surface area contributed by atoms with Gasteiger partial charge >= 0.3 is 0 Å². The summed E-state index contributed by atoms with van der Waals surface area (Å²) < 4.78 is 5.07. The minimum Gasteiger partial charge on any atom is -0.445 e. The molecule has 0 fully saturated rings. The lowest BCUT2D eigenvalue weighted by atomic mass is 10.1. The number of aryl methyl sites for hydroxylation is 1. The molecule has 5 N–H and O–H groups in total. The number of hydrogen-bond acceptors (Lipinski definition) is 4. The van der Waals surface area contributed by atoms with Crippen molar-refractivity contribution < 1.29 is 9.62 Å². The highest BCUT2D eigenvalue weighted by molar-refractivity contribution is 6.02. The first-order chi connectivity index (χ1) is 5.57. The van der Waals surface area contributed by atoms with Gasteiger partial charge < -0.3 is 21.1 Å². The molecule has 1 rings (SSSR count). The fraction of sp³-hybridized carbons (Fsp3) is 0.286. The van der Waals surface area contributed by atoms with Gasteiger partial charge in [-0.05, 0) is 13.8 Å². The van der Waals surface area contributed by atoms with Gasteiger partial charge in [0.05, 0.1) is 5.56 Å². The van der Waals surface area contributed by atoms with Crippen LogP contribution in [0.4, 0.5) is 5.88 Å². The summed E-state index contributed by atoms with van der Waals surface area (Å²) in [5.41, 5.74) is 12.1. The normalized spacial score (nSPS) is 12.0. The van der Waals surface area contributed by atoms with Gasteiger partial charge in [-0.25, -0.2) is 0 Å². The predicted octanol–water partition coefficient (Wildman–Crippen LogP) is 0.573. The summed E-state index contributed by atoms with van der Waals surface area (Å²) in [5, 5.41) is 11.3. The van der Waals surface area contributed by atoms with E-state index in [0.717, 1.165) is 5.56 Å². The Labute approximate surface area is 69.6 Å². The summed E-state index contributed by atoms with van der Waals surface area (Å²) >= 11 is 0. The van der Waals surface area contributed by atoms with Crippen LogP contribution >= 0.6 is 0 Å². The van der Waals surface area contributed by atoms with E-state index in [1.165, 1.54) is 0 Å². The number of rotatable bonds is 1. The van der Waals surface area contributed by atoms with Crippen LogP contribution in [-0.4, -0.2) is 11.0 Å². The summed E-state index contributed by atoms with van der Waals surface area (Å²) in [6.45, 7) is 3.56. The Morgan fingerprint density at radius 1 is 1.50 bits per heavy atom. The molecule has 0 aromatic carbocycles. The van der Waals surface area contributed by atoms with Crippen LogP contribution in [0.1, 0.15) is 16.9 Å². The number of hydrogen-bond donors (Lipinski definition) is 3. The van der Waals surface area contributed by atoms with Crippen molar-refractivity contribution in [1.82, 2.24) is 0 Å². The van der Waals surface area contributed by atoms with Crippen molar-refractivity contribution in [1.29, 1.82) is 0 Å². The number of nitrogens with zero attached hydrogens (tertiary/aromatic N) is 1. The Balaban J connectivity index is 3.32. The molecule has 0 saturated carbocycles. The third-order valence-electron chi connectivity index (χ3n) is 1.78. The maximum atomic E-state index is 8.41. The van der Waals surface area contributed by atoms with E-state index < -0.39 is 0 Å². The van der Waals surface area contributed by atoms with Gasteiger partial charge in [0.2, 0.25) is 5.88 Å². The van der Waals surface area contributed by atoms with Crippen LogP contribution in [0.2, 0.25) is 0 Å². The molecule has 1 heterocycles. The Morgan fingerprint density at radius 2 is 2.08 bits per heavy atom. The fourth-order valence-corrected chi connectivity index (χ4v) is 1.02. The quantitative estimate of drug-likeness (QED) is 0.248. The Hall–Kier alpha value is -1.65. The smallest absolute Gasteiger partial charge is 0.201 e. The van der Waals surface area contributed by atoms with Gasteiger partial charge in [-0.1, -0.05) is 5.16 Å². The monoisotopic (exact) mass is 169 g/mol. The molecule has 5 nitrogen and oxygen atoms in total. The summed E-state index contributed by atoms with van der Waals surface area (Å²) in [6, 6.07) is 0. The number of nitrogens with two attached hydrogens (primary N) is 2. The summed E-state index contributed by atoms with van der Waals surface area (Å²) in [5.74, 6) is 0.830. The van der Waals surface area contributed by atoms with Crippen LogP contribution in [0.15, 0.2) is 9.57 Å². The van der Waals surface area contributed by atoms with Crippen LogP contribution < -0.4 is 11.5 Å². The molecular formula is C7H11N3O2. The van der Waals surface area contributed by atoms with Gasteiger partial charge in [-0.2, -0.15) is 0 Å². The van der Waals surface area contributed by atoms with Crippen LogP contribution in [0.3, 0.4) is 0 Å². The average molecular weight is 169 g/mol. The second-order valence-electron chi connectivity index (χ2n) is 2.51. The number of nitrogen functional groups attached to an aromatic ring is 1. The molecule has 0 unspecified atom stereocenters. The SMILES string of the molecule is Cc1oc(N)c(/C(N)=N/O)c1C. The molecule has 12 heavy (non-hydrogen) atoms. The number of furan rings is 1. The molecule has 0 aliphatic rings. The number of amidine groups is 1. The fourth-order valence-electron chi connectivity index (χ4n) is 1.02. The van der Waals surface area contributed by atoms with Crippen molar-refractivity contribution in [2.24, 2.45) is 10.9 Å². The van der Waals surface area contributed by atoms with Crippen molar-refractivity contribution >= 4 is 11.7 Å². The summed E-state index contributed by atoms with van der Waals surface area (Å²) in [7, 11) is 0. The van der Waals surface area contributed by atoms with E-state index >= 15 is 0 Å². The third kappa shape index (κ3) is 1.09. The van der Waals surface area contributed by atoms with Gasteiger partial charge in [-0.3, -0.25) is 0 Å². The molecule has 0 radical (unpaired) electrons. The Morgan fingerprint density at radius 3 is 2.42 bits per heavy atom. The second-order valence-corrected chi connectivity index (χ2v) is 2.51. The van der Waals surface area contributed by atoms with Crippen LogP contribution in [0.5, 0.6) is 0 Å². The lowest BCUT2D eigenvalue weighted by Crippen LogP contribution is -2.15. The van der Waals surface area contributed by atoms with E-state index in [-0.39, 0.29) is 11.7 Å². The van der Waals surface area contributed by atoms with E-state index in [1.807, 2.05) is 0 Å². The highest BCUT2D eigenvalue weighted by Crippen LogP contribution is 2.22. The van der Waals surface area contributed by atoms with E-state index in [0.29, 0.717) is 11.3 Å². The first-order valence-corrected chi connectivity index (χ1v) is 3.41. The predicted molar refractivity (Wildman–Crippen MR) is 45.1 cm³/mol. The number of anilines is 1. The zero-order valence-electron chi connectivity index (χ0n) is 6.96. The van der Waals surface area contributed by atoms with Gasteiger partial charge in [0.25, 0.3) is 0 Å². The average Bonchev–Trinajstić information content (AvgIpc) is 2.26. The largest absolute Gasteiger partial charge is 0.445 e. The second kappa shape index (κ2) is 2.77. The van der Waals surface area contributed by atoms with Gasteiger partial charge in [0.1, 0.15) is 5.76 Å². The number of oxime groups is 1. The molecule has 0 aliphatic carbocycles. The van der Waals surface area contributed by atoms with E-state index in [2.05, 4.69) is 5.16 Å². The highest BCUT2D eigenvalue weighted by Gasteiger charge is 2.15. The van der Waals surface area contributed by atoms with E-state index in [9.17, 15) is 0 Å². The standard InChI is InChI=1S/C7H11N3O2/c1-3-4(2)12-7(9)5(3)6(8)10-11/h11H,9H2,1-2H3,(H2,8,10). The lowest BCUT2D eigenvalue weighted by molar-refractivity contribution is 0.318. The van der Waals surface area contributed by atoms with Gasteiger partial charge in [0, 0.05) is 5.56 Å². The zero-order chi connectivity index (χ0) is 9.30. The Kier molecular flexibility index (Phi) is 1.95. The molecule has 0 aliphatic heterocycles. The molecule has 1 aromatic rings. The zero-order valence-corrected chi connectivity index (χ0v) is 6.96. The Bertz CT molecular complexity index is 328. The molecule has 5 heteroatoms. The summed E-state index contributed by atoms with van der Waals surface area (Å²) in [4.78, 5) is 0. The summed E-state index contributed by atoms with van der Waals surface area (Å²) in [6.07, 6.45) is 0. The molecule has 0 bridgehead atoms. The first-order valence-electron chi connectivity index (χ1n) is 3.41. The minimum absolute atomic E-state index is 0.0261. The molecular weight excluding hydrogens is 158 g/mol. The molecule has 0 amide bonds. The molecule has 66 valence electrons. The maximum Gasteiger partial charge on any atom is 0.201 e.